The van der Waals surface area contributed by atoms with Crippen molar-refractivity contribution in [3.8, 4) is 40.1 Å². The minimum absolute atomic E-state index is 0.0164. The van der Waals surface area contributed by atoms with Crippen molar-refractivity contribution < 1.29 is 27.8 Å². The van der Waals surface area contributed by atoms with E-state index in [1.165, 1.54) is 63.1 Å². The van der Waals surface area contributed by atoms with E-state index in [1.54, 1.807) is 41.0 Å². The molecular formula is C32H24F2N6O5. The number of benzene rings is 2. The molecule has 6 rings (SSSR count). The number of Topliss-reactive ketones (excluding diaryl/α,β-unsaturated/α-hetero) is 1. The van der Waals surface area contributed by atoms with Gasteiger partial charge in [0.15, 0.2) is 34.0 Å². The van der Waals surface area contributed by atoms with Gasteiger partial charge in [0.1, 0.15) is 17.7 Å². The zero-order valence-corrected chi connectivity index (χ0v) is 24.2. The van der Waals surface area contributed by atoms with Crippen molar-refractivity contribution in [3.63, 3.8) is 0 Å². The number of pyridine rings is 2. The van der Waals surface area contributed by atoms with Crippen LogP contribution in [0.1, 0.15) is 15.9 Å². The van der Waals surface area contributed by atoms with Gasteiger partial charge in [0.05, 0.1) is 31.7 Å². The minimum atomic E-state index is -0.764. The standard InChI is InChI=1S/C32H24F2N6O5/c1-39-14-21(13-37-39)40-15-22(19-5-7-20(33)8-6-19)30(42)23(16-40)26(41)11-18-4-9-27(24(34)10-18)45-32-29-25(35-17-36-32)12-28(43-2)31(38-29)44-3/h4-10,12-17H,11H2,1-3H3. The Morgan fingerprint density at radius 3 is 2.40 bits per heavy atom. The molecule has 2 aromatic carbocycles. The van der Waals surface area contributed by atoms with Gasteiger partial charge < -0.3 is 18.8 Å². The maximum Gasteiger partial charge on any atom is 0.257 e. The monoisotopic (exact) mass is 610 g/mol. The summed E-state index contributed by atoms with van der Waals surface area (Å²) in [6.07, 6.45) is 7.23. The van der Waals surface area contributed by atoms with E-state index >= 15 is 4.39 Å². The van der Waals surface area contributed by atoms with Crippen molar-refractivity contribution in [2.75, 3.05) is 14.2 Å². The van der Waals surface area contributed by atoms with Crippen LogP contribution in [0.4, 0.5) is 8.78 Å². The average Bonchev–Trinajstić information content (AvgIpc) is 3.48. The number of ketones is 1. The van der Waals surface area contributed by atoms with E-state index in [0.717, 1.165) is 6.07 Å². The minimum Gasteiger partial charge on any atom is -0.491 e. The lowest BCUT2D eigenvalue weighted by Crippen LogP contribution is -2.21. The van der Waals surface area contributed by atoms with Crippen LogP contribution in [-0.4, -0.2) is 49.3 Å². The van der Waals surface area contributed by atoms with Gasteiger partial charge in [-0.1, -0.05) is 18.2 Å². The highest BCUT2D eigenvalue weighted by atomic mass is 19.1. The number of nitrogens with zero attached hydrogens (tertiary/aromatic N) is 6. The fourth-order valence-corrected chi connectivity index (χ4v) is 4.72. The van der Waals surface area contributed by atoms with Gasteiger partial charge in [-0.05, 0) is 35.4 Å². The zero-order valence-electron chi connectivity index (χ0n) is 24.2. The Kier molecular flexibility index (Phi) is 7.73. The number of aromatic nitrogens is 6. The quantitative estimate of drug-likeness (QED) is 0.206. The van der Waals surface area contributed by atoms with E-state index in [-0.39, 0.29) is 40.6 Å². The smallest absolute Gasteiger partial charge is 0.257 e. The van der Waals surface area contributed by atoms with Crippen LogP contribution in [0.5, 0.6) is 23.3 Å². The van der Waals surface area contributed by atoms with Crippen LogP contribution in [-0.2, 0) is 13.5 Å². The number of carbonyl (C=O) groups excluding carboxylic acids is 1. The van der Waals surface area contributed by atoms with Crippen LogP contribution >= 0.6 is 0 Å². The summed E-state index contributed by atoms with van der Waals surface area (Å²) < 4.78 is 48.3. The highest BCUT2D eigenvalue weighted by Crippen LogP contribution is 2.33. The van der Waals surface area contributed by atoms with Crippen LogP contribution in [0.3, 0.4) is 0 Å². The first-order valence-electron chi connectivity index (χ1n) is 13.5. The van der Waals surface area contributed by atoms with Crippen LogP contribution in [0.15, 0.2) is 84.4 Å². The topological polar surface area (TPSA) is 123 Å². The van der Waals surface area contributed by atoms with Crippen LogP contribution in [0, 0.1) is 11.6 Å². The third-order valence-electron chi connectivity index (χ3n) is 6.96. The van der Waals surface area contributed by atoms with Crippen molar-refractivity contribution in [1.82, 2.24) is 29.3 Å². The number of ether oxygens (including phenoxy) is 3. The first-order chi connectivity index (χ1) is 21.7. The lowest BCUT2D eigenvalue weighted by molar-refractivity contribution is 0.0991. The summed E-state index contributed by atoms with van der Waals surface area (Å²) in [6.45, 7) is 0. The summed E-state index contributed by atoms with van der Waals surface area (Å²) in [6, 6.07) is 11.0. The Hall–Kier alpha value is -5.98. The molecule has 226 valence electrons. The van der Waals surface area contributed by atoms with Gasteiger partial charge in [-0.2, -0.15) is 10.1 Å². The summed E-state index contributed by atoms with van der Waals surface area (Å²) in [4.78, 5) is 39.6. The molecule has 4 heterocycles. The number of fused-ring (bicyclic) bond motifs is 1. The number of hydrogen-bond acceptors (Lipinski definition) is 9. The van der Waals surface area contributed by atoms with E-state index in [1.807, 2.05) is 0 Å². The lowest BCUT2D eigenvalue weighted by atomic mass is 9.99. The molecule has 0 atom stereocenters. The highest BCUT2D eigenvalue weighted by molar-refractivity contribution is 5.98. The number of rotatable bonds is 9. The molecule has 0 saturated carbocycles. The molecule has 0 saturated heterocycles. The third kappa shape index (κ3) is 5.83. The summed E-state index contributed by atoms with van der Waals surface area (Å²) in [5.41, 5.74) is 1.49. The predicted octanol–water partition coefficient (Wildman–Crippen LogP) is 5.09. The van der Waals surface area contributed by atoms with E-state index in [4.69, 9.17) is 14.2 Å². The van der Waals surface area contributed by atoms with Crippen LogP contribution in [0.25, 0.3) is 27.8 Å². The second-order valence-electron chi connectivity index (χ2n) is 9.91. The molecule has 0 aliphatic heterocycles. The summed E-state index contributed by atoms with van der Waals surface area (Å²) >= 11 is 0. The lowest BCUT2D eigenvalue weighted by Gasteiger charge is -2.12. The first-order valence-corrected chi connectivity index (χ1v) is 13.5. The van der Waals surface area contributed by atoms with Crippen molar-refractivity contribution in [2.24, 2.45) is 7.05 Å². The molecule has 4 aromatic heterocycles. The van der Waals surface area contributed by atoms with Gasteiger partial charge in [-0.25, -0.2) is 18.7 Å². The van der Waals surface area contributed by atoms with E-state index in [0.29, 0.717) is 28.1 Å². The molecule has 6 aromatic rings. The Morgan fingerprint density at radius 2 is 1.71 bits per heavy atom. The second-order valence-corrected chi connectivity index (χ2v) is 9.91. The van der Waals surface area contributed by atoms with Gasteiger partial charge in [0.25, 0.3) is 5.88 Å². The molecule has 0 radical (unpaired) electrons. The Labute approximate surface area is 254 Å². The average molecular weight is 611 g/mol. The molecule has 0 aliphatic rings. The SMILES string of the molecule is COc1cc2ncnc(Oc3ccc(CC(=O)c4cn(-c5cnn(C)c5)cc(-c5ccc(F)cc5)c4=O)cc3F)c2nc1OC. The number of halogens is 2. The fraction of sp³-hybridized carbons (Fsp3) is 0.125. The van der Waals surface area contributed by atoms with Gasteiger partial charge in [-0.15, -0.1) is 0 Å². The van der Waals surface area contributed by atoms with Gasteiger partial charge in [0, 0.05) is 43.7 Å². The molecule has 0 bridgehead atoms. The zero-order chi connectivity index (χ0) is 31.7. The fourth-order valence-electron chi connectivity index (χ4n) is 4.72. The molecule has 0 N–H and O–H groups in total. The largest absolute Gasteiger partial charge is 0.491 e. The van der Waals surface area contributed by atoms with Crippen molar-refractivity contribution in [2.45, 2.75) is 6.42 Å². The normalized spacial score (nSPS) is 11.0. The molecular weight excluding hydrogens is 586 g/mol. The summed E-state index contributed by atoms with van der Waals surface area (Å²) in [7, 11) is 4.62. The molecule has 11 nitrogen and oxygen atoms in total. The Morgan fingerprint density at radius 1 is 0.911 bits per heavy atom. The summed E-state index contributed by atoms with van der Waals surface area (Å²) in [5.74, 6) is -1.42. The van der Waals surface area contributed by atoms with E-state index < -0.39 is 22.8 Å². The molecule has 45 heavy (non-hydrogen) atoms. The Balaban J connectivity index is 1.30. The van der Waals surface area contributed by atoms with Gasteiger partial charge in [0.2, 0.25) is 5.88 Å². The highest BCUT2D eigenvalue weighted by Gasteiger charge is 2.20. The number of hydrogen-bond donors (Lipinski definition) is 0. The van der Waals surface area contributed by atoms with Gasteiger partial charge in [-0.3, -0.25) is 14.3 Å². The van der Waals surface area contributed by atoms with Crippen molar-refractivity contribution in [3.05, 3.63) is 113 Å². The van der Waals surface area contributed by atoms with Crippen molar-refractivity contribution >= 4 is 16.8 Å². The first kappa shape index (κ1) is 29.1. The van der Waals surface area contributed by atoms with Crippen LogP contribution < -0.4 is 19.6 Å². The van der Waals surface area contributed by atoms with Gasteiger partial charge >= 0.3 is 0 Å². The van der Waals surface area contributed by atoms with E-state index in [2.05, 4.69) is 20.1 Å². The maximum atomic E-state index is 15.3. The molecule has 0 unspecified atom stereocenters. The molecule has 0 spiro atoms. The maximum absolute atomic E-state index is 15.3. The molecule has 0 fully saturated rings. The van der Waals surface area contributed by atoms with Crippen LogP contribution in [0.2, 0.25) is 0 Å². The third-order valence-corrected chi connectivity index (χ3v) is 6.96. The second kappa shape index (κ2) is 12.0. The van der Waals surface area contributed by atoms with E-state index in [9.17, 15) is 14.0 Å². The molecule has 0 amide bonds. The molecule has 0 aliphatic carbocycles. The number of aryl methyl sites for hydroxylation is 1. The number of carbonyl (C=O) groups is 1. The van der Waals surface area contributed by atoms with Crippen molar-refractivity contribution in [1.29, 1.82) is 0 Å². The molecule has 13 heteroatoms. The Bertz CT molecular complexity index is 2130. The summed E-state index contributed by atoms with van der Waals surface area (Å²) in [5, 5.41) is 4.16. The number of methoxy groups -OCH3 is 2. The predicted molar refractivity (Wildman–Crippen MR) is 159 cm³/mol.